The average Bonchev–Trinajstić information content (AvgIpc) is 2.24. The molecular weight excluding hydrogens is 284 g/mol. The van der Waals surface area contributed by atoms with E-state index in [0.29, 0.717) is 5.75 Å². The fourth-order valence-electron chi connectivity index (χ4n) is 1.49. The van der Waals surface area contributed by atoms with Crippen molar-refractivity contribution in [3.63, 3.8) is 0 Å². The van der Waals surface area contributed by atoms with Crippen LogP contribution in [0.4, 0.5) is 5.69 Å². The molecule has 0 aromatic heterocycles. The fourth-order valence-corrected chi connectivity index (χ4v) is 2.81. The summed E-state index contributed by atoms with van der Waals surface area (Å²) in [4.78, 5) is 11.1. The zero-order chi connectivity index (χ0) is 15.6. The van der Waals surface area contributed by atoms with Gasteiger partial charge in [-0.25, -0.2) is 4.79 Å². The molecule has 0 fully saturated rings. The van der Waals surface area contributed by atoms with E-state index in [1.165, 1.54) is 25.3 Å². The Hall–Kier alpha value is -1.80. The first-order valence-corrected chi connectivity index (χ1v) is 7.25. The molecular formula is C12H18N2O5S. The highest BCUT2D eigenvalue weighted by molar-refractivity contribution is 7.90. The Morgan fingerprint density at radius 2 is 1.90 bits per heavy atom. The van der Waals surface area contributed by atoms with Crippen molar-refractivity contribution in [2.24, 2.45) is 0 Å². The van der Waals surface area contributed by atoms with Crippen molar-refractivity contribution in [1.82, 2.24) is 4.72 Å². The number of aromatic carboxylic acids is 1. The molecule has 0 bridgehead atoms. The molecule has 0 atom stereocenters. The second-order valence-electron chi connectivity index (χ2n) is 5.17. The molecule has 3 N–H and O–H groups in total. The van der Waals surface area contributed by atoms with E-state index < -0.39 is 21.7 Å². The van der Waals surface area contributed by atoms with Gasteiger partial charge in [0, 0.05) is 11.6 Å². The lowest BCUT2D eigenvalue weighted by atomic mass is 10.1. The number of carboxylic acids is 1. The number of benzene rings is 1. The van der Waals surface area contributed by atoms with Crippen LogP contribution in [-0.2, 0) is 10.2 Å². The van der Waals surface area contributed by atoms with E-state index in [1.54, 1.807) is 20.8 Å². The normalized spacial score (nSPS) is 12.0. The Labute approximate surface area is 118 Å². The predicted molar refractivity (Wildman–Crippen MR) is 75.4 cm³/mol. The summed E-state index contributed by atoms with van der Waals surface area (Å²) in [6, 6.07) is 4.03. The Morgan fingerprint density at radius 3 is 2.35 bits per heavy atom. The zero-order valence-electron chi connectivity index (χ0n) is 11.7. The minimum absolute atomic E-state index is 0.0615. The monoisotopic (exact) mass is 302 g/mol. The van der Waals surface area contributed by atoms with Gasteiger partial charge >= 0.3 is 5.97 Å². The maximum absolute atomic E-state index is 11.9. The summed E-state index contributed by atoms with van der Waals surface area (Å²) >= 11 is 0. The van der Waals surface area contributed by atoms with Crippen LogP contribution >= 0.6 is 0 Å². The van der Waals surface area contributed by atoms with E-state index in [4.69, 9.17) is 9.84 Å². The second-order valence-corrected chi connectivity index (χ2v) is 6.59. The Balaban J connectivity index is 3.16. The summed E-state index contributed by atoms with van der Waals surface area (Å²) in [5, 5.41) is 9.06. The van der Waals surface area contributed by atoms with Crippen LogP contribution in [0.15, 0.2) is 18.2 Å². The first kappa shape index (κ1) is 16.3. The molecule has 0 radical (unpaired) electrons. The van der Waals surface area contributed by atoms with Crippen LogP contribution in [0.1, 0.15) is 31.1 Å². The topological polar surface area (TPSA) is 105 Å². The highest BCUT2D eigenvalue weighted by atomic mass is 32.2. The molecule has 1 aromatic rings. The largest absolute Gasteiger partial charge is 0.497 e. The minimum Gasteiger partial charge on any atom is -0.497 e. The third-order valence-corrected chi connectivity index (χ3v) is 3.51. The van der Waals surface area contributed by atoms with Gasteiger partial charge in [-0.15, -0.1) is 0 Å². The quantitative estimate of drug-likeness (QED) is 0.763. The van der Waals surface area contributed by atoms with Crippen LogP contribution in [0, 0.1) is 0 Å². The lowest BCUT2D eigenvalue weighted by Crippen LogP contribution is -2.43. The van der Waals surface area contributed by atoms with Crippen molar-refractivity contribution in [3.05, 3.63) is 23.8 Å². The van der Waals surface area contributed by atoms with E-state index in [1.807, 2.05) is 0 Å². The van der Waals surface area contributed by atoms with Gasteiger partial charge in [-0.1, -0.05) is 0 Å². The van der Waals surface area contributed by atoms with Crippen LogP contribution in [0.2, 0.25) is 0 Å². The van der Waals surface area contributed by atoms with Gasteiger partial charge in [-0.05, 0) is 32.9 Å². The Morgan fingerprint density at radius 1 is 1.30 bits per heavy atom. The Bertz CT molecular complexity index is 605. The van der Waals surface area contributed by atoms with Gasteiger partial charge in [-0.2, -0.15) is 13.1 Å². The summed E-state index contributed by atoms with van der Waals surface area (Å²) in [6.07, 6.45) is 0. The highest BCUT2D eigenvalue weighted by Gasteiger charge is 2.22. The average molecular weight is 302 g/mol. The standard InChI is InChI=1S/C12H18N2O5S/c1-12(2,3)14-20(17,18)13-10-7-8(19-4)5-6-9(10)11(15)16/h5-7,13-14H,1-4H3,(H,15,16). The Kier molecular flexibility index (Phi) is 4.61. The molecule has 0 spiro atoms. The van der Waals surface area contributed by atoms with Gasteiger partial charge in [0.15, 0.2) is 0 Å². The van der Waals surface area contributed by atoms with Gasteiger partial charge in [0.05, 0.1) is 18.4 Å². The predicted octanol–water partition coefficient (Wildman–Crippen LogP) is 1.44. The van der Waals surface area contributed by atoms with Crippen molar-refractivity contribution in [2.45, 2.75) is 26.3 Å². The number of anilines is 1. The summed E-state index contributed by atoms with van der Waals surface area (Å²) in [5.41, 5.74) is -0.910. The third kappa shape index (κ3) is 4.71. The molecule has 0 aliphatic rings. The van der Waals surface area contributed by atoms with E-state index in [2.05, 4.69) is 9.44 Å². The van der Waals surface area contributed by atoms with E-state index >= 15 is 0 Å². The SMILES string of the molecule is COc1ccc(C(=O)O)c(NS(=O)(=O)NC(C)(C)C)c1. The van der Waals surface area contributed by atoms with Gasteiger partial charge in [0.1, 0.15) is 5.75 Å². The fraction of sp³-hybridized carbons (Fsp3) is 0.417. The number of hydrogen-bond donors (Lipinski definition) is 3. The highest BCUT2D eigenvalue weighted by Crippen LogP contribution is 2.23. The second kappa shape index (κ2) is 5.68. The molecule has 0 aliphatic heterocycles. The number of carbonyl (C=O) groups is 1. The molecule has 20 heavy (non-hydrogen) atoms. The van der Waals surface area contributed by atoms with Crippen LogP contribution in [0.3, 0.4) is 0 Å². The third-order valence-electron chi connectivity index (χ3n) is 2.14. The summed E-state index contributed by atoms with van der Waals surface area (Å²) in [6.45, 7) is 5.03. The van der Waals surface area contributed by atoms with Crippen molar-refractivity contribution in [1.29, 1.82) is 0 Å². The van der Waals surface area contributed by atoms with E-state index in [9.17, 15) is 13.2 Å². The van der Waals surface area contributed by atoms with Crippen LogP contribution in [0.5, 0.6) is 5.75 Å². The lowest BCUT2D eigenvalue weighted by Gasteiger charge is -2.21. The van der Waals surface area contributed by atoms with Gasteiger partial charge < -0.3 is 9.84 Å². The molecule has 0 saturated heterocycles. The lowest BCUT2D eigenvalue weighted by molar-refractivity contribution is 0.0698. The minimum atomic E-state index is -3.89. The summed E-state index contributed by atoms with van der Waals surface area (Å²) in [5.74, 6) is -0.885. The molecule has 0 amide bonds. The van der Waals surface area contributed by atoms with Crippen molar-refractivity contribution in [3.8, 4) is 5.75 Å². The number of nitrogens with one attached hydrogen (secondary N) is 2. The molecule has 0 unspecified atom stereocenters. The number of rotatable bonds is 5. The van der Waals surface area contributed by atoms with Crippen LogP contribution in [-0.4, -0.2) is 32.1 Å². The molecule has 1 aromatic carbocycles. The first-order valence-electron chi connectivity index (χ1n) is 5.77. The number of carboxylic acid groups (broad SMARTS) is 1. The molecule has 0 heterocycles. The van der Waals surface area contributed by atoms with Crippen LogP contribution in [0.25, 0.3) is 0 Å². The molecule has 0 saturated carbocycles. The van der Waals surface area contributed by atoms with Crippen LogP contribution < -0.4 is 14.2 Å². The van der Waals surface area contributed by atoms with Gasteiger partial charge in [-0.3, -0.25) is 4.72 Å². The number of methoxy groups -OCH3 is 1. The molecule has 0 aliphatic carbocycles. The van der Waals surface area contributed by atoms with Gasteiger partial charge in [0.25, 0.3) is 10.2 Å². The maximum atomic E-state index is 11.9. The van der Waals surface area contributed by atoms with Crippen molar-refractivity contribution >= 4 is 21.9 Å². The zero-order valence-corrected chi connectivity index (χ0v) is 12.5. The van der Waals surface area contributed by atoms with Crippen molar-refractivity contribution in [2.75, 3.05) is 11.8 Å². The smallest absolute Gasteiger partial charge is 0.337 e. The first-order chi connectivity index (χ1) is 9.04. The molecule has 8 heteroatoms. The summed E-state index contributed by atoms with van der Waals surface area (Å²) < 4.78 is 33.4. The number of ether oxygens (including phenoxy) is 1. The molecule has 7 nitrogen and oxygen atoms in total. The molecule has 1 rings (SSSR count). The summed E-state index contributed by atoms with van der Waals surface area (Å²) in [7, 11) is -2.49. The number of hydrogen-bond acceptors (Lipinski definition) is 4. The van der Waals surface area contributed by atoms with Crippen molar-refractivity contribution < 1.29 is 23.1 Å². The maximum Gasteiger partial charge on any atom is 0.337 e. The van der Waals surface area contributed by atoms with E-state index in [0.717, 1.165) is 0 Å². The molecule has 112 valence electrons. The van der Waals surface area contributed by atoms with E-state index in [-0.39, 0.29) is 11.3 Å². The van der Waals surface area contributed by atoms with Gasteiger partial charge in [0.2, 0.25) is 0 Å².